The molecule has 0 radical (unpaired) electrons. The van der Waals surface area contributed by atoms with Crippen molar-refractivity contribution in [1.29, 1.82) is 0 Å². The zero-order valence-corrected chi connectivity index (χ0v) is 17.9. The Morgan fingerprint density at radius 2 is 1.70 bits per heavy atom. The van der Waals surface area contributed by atoms with Crippen LogP contribution in [0.25, 0.3) is 0 Å². The molecule has 0 atom stereocenters. The highest BCUT2D eigenvalue weighted by atomic mass is 32.2. The maximum absolute atomic E-state index is 13.4. The molecule has 0 unspecified atom stereocenters. The minimum atomic E-state index is -3.81. The predicted octanol–water partition coefficient (Wildman–Crippen LogP) is 4.87. The quantitative estimate of drug-likeness (QED) is 0.595. The van der Waals surface area contributed by atoms with Crippen LogP contribution in [0.1, 0.15) is 36.1 Å². The molecule has 1 aliphatic rings. The van der Waals surface area contributed by atoms with E-state index in [1.165, 1.54) is 0 Å². The van der Waals surface area contributed by atoms with Crippen LogP contribution in [0.2, 0.25) is 0 Å². The molecule has 6 heteroatoms. The van der Waals surface area contributed by atoms with Crippen molar-refractivity contribution in [3.8, 4) is 11.8 Å². The molecule has 1 N–H and O–H groups in total. The van der Waals surface area contributed by atoms with Crippen LogP contribution >= 0.6 is 11.3 Å². The first-order valence-electron chi connectivity index (χ1n) is 9.78. The Labute approximate surface area is 180 Å². The predicted molar refractivity (Wildman–Crippen MR) is 120 cm³/mol. The summed E-state index contributed by atoms with van der Waals surface area (Å²) in [5.74, 6) is 5.71. The van der Waals surface area contributed by atoms with Gasteiger partial charge in [0.25, 0.3) is 0 Å². The fourth-order valence-electron chi connectivity index (χ4n) is 3.79. The van der Waals surface area contributed by atoms with Gasteiger partial charge in [-0.2, -0.15) is 0 Å². The second-order valence-electron chi connectivity index (χ2n) is 7.28. The molecule has 4 nitrogen and oxygen atoms in total. The third kappa shape index (κ3) is 3.91. The first kappa shape index (κ1) is 20.4. The molecule has 3 aromatic rings. The first-order chi connectivity index (χ1) is 14.5. The number of carbonyl (C=O) groups is 1. The van der Waals surface area contributed by atoms with Gasteiger partial charge in [-0.3, -0.25) is 4.79 Å². The molecular weight excluding hydrogens is 414 g/mol. The van der Waals surface area contributed by atoms with Crippen molar-refractivity contribution in [3.05, 3.63) is 82.6 Å². The zero-order valence-electron chi connectivity index (χ0n) is 16.3. The summed E-state index contributed by atoms with van der Waals surface area (Å²) in [6.45, 7) is 0. The average molecular weight is 436 g/mol. The number of carbonyl (C=O) groups excluding carboxylic acids is 1. The van der Waals surface area contributed by atoms with Gasteiger partial charge in [0.15, 0.2) is 14.6 Å². The van der Waals surface area contributed by atoms with E-state index < -0.39 is 20.5 Å². The molecule has 1 aliphatic carbocycles. The van der Waals surface area contributed by atoms with E-state index in [0.717, 1.165) is 10.4 Å². The smallest absolute Gasteiger partial charge is 0.246 e. The van der Waals surface area contributed by atoms with Crippen molar-refractivity contribution in [2.24, 2.45) is 0 Å². The summed E-state index contributed by atoms with van der Waals surface area (Å²) in [5, 5.41) is 4.82. The third-order valence-electron chi connectivity index (χ3n) is 5.36. The van der Waals surface area contributed by atoms with Crippen LogP contribution in [-0.4, -0.2) is 19.1 Å². The Morgan fingerprint density at radius 3 is 2.40 bits per heavy atom. The maximum Gasteiger partial charge on any atom is 0.246 e. The average Bonchev–Trinajstić information content (AvgIpc) is 3.46. The normalized spacial score (nSPS) is 15.2. The number of hydrogen-bond donors (Lipinski definition) is 1. The lowest BCUT2D eigenvalue weighted by atomic mass is 10.1. The molecule has 1 amide bonds. The number of nitrogens with one attached hydrogen (secondary N) is 1. The SMILES string of the molecule is O=C(Nc1cccc(C#Cc2cccs2)c1)C1(S(=O)(=O)c2ccccc2)CCCC1. The Hall–Kier alpha value is -2.88. The summed E-state index contributed by atoms with van der Waals surface area (Å²) in [7, 11) is -3.81. The van der Waals surface area contributed by atoms with Gasteiger partial charge in [-0.1, -0.05) is 55.0 Å². The van der Waals surface area contributed by atoms with Gasteiger partial charge < -0.3 is 5.32 Å². The van der Waals surface area contributed by atoms with E-state index in [-0.39, 0.29) is 4.90 Å². The molecule has 0 bridgehead atoms. The highest BCUT2D eigenvalue weighted by Gasteiger charge is 2.52. The number of hydrogen-bond acceptors (Lipinski definition) is 4. The van der Waals surface area contributed by atoms with Crippen molar-refractivity contribution < 1.29 is 13.2 Å². The number of amides is 1. The molecule has 1 fully saturated rings. The Balaban J connectivity index is 1.61. The Bertz CT molecular complexity index is 1200. The largest absolute Gasteiger partial charge is 0.325 e. The van der Waals surface area contributed by atoms with Gasteiger partial charge in [-0.25, -0.2) is 8.42 Å². The lowest BCUT2D eigenvalue weighted by Crippen LogP contribution is -2.47. The van der Waals surface area contributed by atoms with E-state index in [1.54, 1.807) is 59.9 Å². The zero-order chi connectivity index (χ0) is 21.0. The lowest BCUT2D eigenvalue weighted by molar-refractivity contribution is -0.118. The van der Waals surface area contributed by atoms with E-state index >= 15 is 0 Å². The number of benzene rings is 2. The number of thiophene rings is 1. The molecule has 1 aromatic heterocycles. The maximum atomic E-state index is 13.4. The third-order valence-corrected chi connectivity index (χ3v) is 8.67. The van der Waals surface area contributed by atoms with Crippen LogP contribution in [-0.2, 0) is 14.6 Å². The minimum Gasteiger partial charge on any atom is -0.325 e. The van der Waals surface area contributed by atoms with Gasteiger partial charge in [0, 0.05) is 11.3 Å². The summed E-state index contributed by atoms with van der Waals surface area (Å²) in [4.78, 5) is 14.4. The number of sulfone groups is 1. The van der Waals surface area contributed by atoms with Gasteiger partial charge in [0.05, 0.1) is 9.77 Å². The van der Waals surface area contributed by atoms with Crippen molar-refractivity contribution in [1.82, 2.24) is 0 Å². The topological polar surface area (TPSA) is 63.2 Å². The molecule has 0 saturated heterocycles. The standard InChI is InChI=1S/C24H21NO3S2/c26-23(24(15-4-5-16-24)30(27,28)22-11-2-1-3-12-22)25-20-9-6-8-19(18-20)13-14-21-10-7-17-29-21/h1-3,6-12,17-18H,4-5,15-16H2,(H,25,26). The summed E-state index contributed by atoms with van der Waals surface area (Å²) < 4.78 is 25.4. The van der Waals surface area contributed by atoms with E-state index in [0.29, 0.717) is 31.4 Å². The van der Waals surface area contributed by atoms with Gasteiger partial charge in [-0.05, 0) is 54.6 Å². The summed E-state index contributed by atoms with van der Waals surface area (Å²) in [6.07, 6.45) is 2.08. The van der Waals surface area contributed by atoms with Gasteiger partial charge in [0.2, 0.25) is 5.91 Å². The van der Waals surface area contributed by atoms with Crippen molar-refractivity contribution >= 4 is 32.8 Å². The van der Waals surface area contributed by atoms with Gasteiger partial charge in [0.1, 0.15) is 0 Å². The summed E-state index contributed by atoms with van der Waals surface area (Å²) in [5.41, 5.74) is 1.31. The number of anilines is 1. The Kier molecular flexibility index (Phi) is 5.76. The highest BCUT2D eigenvalue weighted by molar-refractivity contribution is 7.93. The minimum absolute atomic E-state index is 0.192. The highest BCUT2D eigenvalue weighted by Crippen LogP contribution is 2.41. The lowest BCUT2D eigenvalue weighted by Gasteiger charge is -2.27. The van der Waals surface area contributed by atoms with E-state index in [9.17, 15) is 13.2 Å². The van der Waals surface area contributed by atoms with Crippen molar-refractivity contribution in [2.45, 2.75) is 35.3 Å². The fraction of sp³-hybridized carbons (Fsp3) is 0.208. The van der Waals surface area contributed by atoms with E-state index in [2.05, 4.69) is 17.2 Å². The van der Waals surface area contributed by atoms with Crippen LogP contribution in [0.5, 0.6) is 0 Å². The molecule has 0 aliphatic heterocycles. The van der Waals surface area contributed by atoms with Crippen LogP contribution in [0, 0.1) is 11.8 Å². The van der Waals surface area contributed by atoms with Gasteiger partial charge >= 0.3 is 0 Å². The molecule has 0 spiro atoms. The monoisotopic (exact) mass is 435 g/mol. The molecule has 4 rings (SSSR count). The molecule has 2 aromatic carbocycles. The summed E-state index contributed by atoms with van der Waals surface area (Å²) in [6, 6.07) is 19.3. The fourth-order valence-corrected chi connectivity index (χ4v) is 6.45. The van der Waals surface area contributed by atoms with Crippen LogP contribution in [0.4, 0.5) is 5.69 Å². The molecule has 30 heavy (non-hydrogen) atoms. The molecule has 1 heterocycles. The van der Waals surface area contributed by atoms with E-state index in [4.69, 9.17) is 0 Å². The second-order valence-corrected chi connectivity index (χ2v) is 10.5. The second kappa shape index (κ2) is 8.47. The van der Waals surface area contributed by atoms with Crippen LogP contribution in [0.15, 0.2) is 77.0 Å². The van der Waals surface area contributed by atoms with Crippen LogP contribution < -0.4 is 5.32 Å². The summed E-state index contributed by atoms with van der Waals surface area (Å²) >= 11 is 1.56. The van der Waals surface area contributed by atoms with Crippen LogP contribution in [0.3, 0.4) is 0 Å². The number of rotatable bonds is 4. The molecule has 152 valence electrons. The Morgan fingerprint density at radius 1 is 0.933 bits per heavy atom. The van der Waals surface area contributed by atoms with E-state index in [1.807, 2.05) is 23.6 Å². The van der Waals surface area contributed by atoms with Crippen molar-refractivity contribution in [3.63, 3.8) is 0 Å². The molecule has 1 saturated carbocycles. The van der Waals surface area contributed by atoms with Gasteiger partial charge in [-0.15, -0.1) is 11.3 Å². The molecular formula is C24H21NO3S2. The van der Waals surface area contributed by atoms with Crippen molar-refractivity contribution in [2.75, 3.05) is 5.32 Å². The first-order valence-corrected chi connectivity index (χ1v) is 12.1.